The molecule has 0 fully saturated rings. The number of pyridine rings is 1. The number of hydrogen-bond acceptors (Lipinski definition) is 4. The minimum atomic E-state index is -0.395. The van der Waals surface area contributed by atoms with Crippen LogP contribution in [0.15, 0.2) is 18.5 Å². The number of aromatic nitrogens is 3. The summed E-state index contributed by atoms with van der Waals surface area (Å²) in [4.78, 5) is 23.0. The number of carbonyl (C=O) groups is 1. The zero-order chi connectivity index (χ0) is 13.1. The van der Waals surface area contributed by atoms with Crippen molar-refractivity contribution in [1.29, 1.82) is 0 Å². The van der Waals surface area contributed by atoms with E-state index in [4.69, 9.17) is 4.74 Å². The zero-order valence-electron chi connectivity index (χ0n) is 10.8. The van der Waals surface area contributed by atoms with Crippen LogP contribution >= 0.6 is 0 Å². The molecule has 0 aliphatic rings. The van der Waals surface area contributed by atoms with Crippen molar-refractivity contribution in [3.05, 3.63) is 24.2 Å². The maximum Gasteiger partial charge on any atom is 0.357 e. The number of aromatic amines is 1. The van der Waals surface area contributed by atoms with E-state index in [9.17, 15) is 4.79 Å². The second-order valence-corrected chi connectivity index (χ2v) is 4.82. The highest BCUT2D eigenvalue weighted by Crippen LogP contribution is 2.12. The van der Waals surface area contributed by atoms with Crippen molar-refractivity contribution < 1.29 is 9.53 Å². The summed E-state index contributed by atoms with van der Waals surface area (Å²) in [5.74, 6) is 0.0997. The summed E-state index contributed by atoms with van der Waals surface area (Å²) in [7, 11) is 0. The first kappa shape index (κ1) is 12.5. The highest BCUT2D eigenvalue weighted by Gasteiger charge is 2.15. The number of carbonyl (C=O) groups excluding carboxylic acids is 1. The second-order valence-electron chi connectivity index (χ2n) is 4.82. The molecule has 2 aromatic rings. The molecule has 2 heterocycles. The van der Waals surface area contributed by atoms with Gasteiger partial charge in [0.25, 0.3) is 0 Å². The molecule has 5 nitrogen and oxygen atoms in total. The van der Waals surface area contributed by atoms with Gasteiger partial charge in [-0.3, -0.25) is 0 Å². The number of H-pyrrole nitrogens is 1. The van der Waals surface area contributed by atoms with Crippen LogP contribution in [0, 0.1) is 5.92 Å². The lowest BCUT2D eigenvalue weighted by Gasteiger charge is -2.14. The molecule has 0 unspecified atom stereocenters. The second kappa shape index (κ2) is 5.16. The number of fused-ring (bicyclic) bond motifs is 1. The Hall–Kier alpha value is -1.91. The molecule has 0 aromatic carbocycles. The number of hydrogen-bond donors (Lipinski definition) is 1. The Morgan fingerprint density at radius 1 is 1.39 bits per heavy atom. The minimum absolute atomic E-state index is 0.103. The first-order valence-corrected chi connectivity index (χ1v) is 6.07. The van der Waals surface area contributed by atoms with Gasteiger partial charge >= 0.3 is 5.97 Å². The molecule has 96 valence electrons. The van der Waals surface area contributed by atoms with Crippen LogP contribution in [0.5, 0.6) is 0 Å². The molecule has 0 bridgehead atoms. The van der Waals surface area contributed by atoms with Crippen molar-refractivity contribution >= 4 is 17.1 Å². The third-order valence-corrected chi connectivity index (χ3v) is 2.60. The Balaban J connectivity index is 2.08. The molecule has 2 aromatic heterocycles. The maximum absolute atomic E-state index is 11.9. The lowest BCUT2D eigenvalue weighted by atomic mass is 10.1. The van der Waals surface area contributed by atoms with Crippen molar-refractivity contribution in [3.63, 3.8) is 0 Å². The van der Waals surface area contributed by atoms with E-state index in [1.165, 1.54) is 0 Å². The molecule has 2 rings (SSSR count). The normalized spacial score (nSPS) is 12.9. The third-order valence-electron chi connectivity index (χ3n) is 2.60. The average Bonchev–Trinajstić information content (AvgIpc) is 2.74. The van der Waals surface area contributed by atoms with Crippen molar-refractivity contribution in [1.82, 2.24) is 15.0 Å². The van der Waals surface area contributed by atoms with Crippen LogP contribution in [0.1, 0.15) is 37.7 Å². The fourth-order valence-electron chi connectivity index (χ4n) is 1.89. The Bertz CT molecular complexity index is 548. The molecule has 0 radical (unpaired) electrons. The van der Waals surface area contributed by atoms with E-state index >= 15 is 0 Å². The summed E-state index contributed by atoms with van der Waals surface area (Å²) < 4.78 is 5.33. The summed E-state index contributed by atoms with van der Waals surface area (Å²) in [6, 6.07) is 3.42. The number of rotatable bonds is 4. The quantitative estimate of drug-likeness (QED) is 0.843. The van der Waals surface area contributed by atoms with E-state index < -0.39 is 5.97 Å². The minimum Gasteiger partial charge on any atom is -0.458 e. The fourth-order valence-corrected chi connectivity index (χ4v) is 1.89. The maximum atomic E-state index is 11.9. The van der Waals surface area contributed by atoms with Crippen LogP contribution in [0.4, 0.5) is 0 Å². The Morgan fingerprint density at radius 2 is 2.17 bits per heavy atom. The highest BCUT2D eigenvalue weighted by atomic mass is 16.5. The molecule has 0 amide bonds. The van der Waals surface area contributed by atoms with Gasteiger partial charge in [0.2, 0.25) is 0 Å². The van der Waals surface area contributed by atoms with Crippen molar-refractivity contribution in [2.75, 3.05) is 0 Å². The van der Waals surface area contributed by atoms with E-state index in [1.807, 2.05) is 6.92 Å². The monoisotopic (exact) mass is 247 g/mol. The summed E-state index contributed by atoms with van der Waals surface area (Å²) >= 11 is 0. The summed E-state index contributed by atoms with van der Waals surface area (Å²) in [5, 5.41) is 0. The van der Waals surface area contributed by atoms with E-state index in [2.05, 4.69) is 28.8 Å². The van der Waals surface area contributed by atoms with Crippen molar-refractivity contribution in [2.24, 2.45) is 5.92 Å². The van der Waals surface area contributed by atoms with Crippen LogP contribution in [-0.2, 0) is 4.74 Å². The van der Waals surface area contributed by atoms with Gasteiger partial charge < -0.3 is 9.72 Å². The van der Waals surface area contributed by atoms with Gasteiger partial charge in [0.1, 0.15) is 0 Å². The molecule has 1 N–H and O–H groups in total. The summed E-state index contributed by atoms with van der Waals surface area (Å²) in [6.07, 6.45) is 2.29. The number of imidazole rings is 1. The standard InChI is InChI=1S/C13H17N3O2/c1-8(2)6-9(3)18-13(17)11-5-4-10-12(16-11)15-7-14-10/h4-5,7-9H,6H2,1-3H3,(H,14,15,16)/t9-/m1/s1. The number of ether oxygens (including phenoxy) is 1. The number of esters is 1. The van der Waals surface area contributed by atoms with Gasteiger partial charge in [-0.25, -0.2) is 14.8 Å². The molecular formula is C13H17N3O2. The molecule has 0 aliphatic carbocycles. The molecule has 0 spiro atoms. The van der Waals surface area contributed by atoms with Crippen LogP contribution in [0.2, 0.25) is 0 Å². The molecule has 5 heteroatoms. The van der Waals surface area contributed by atoms with Gasteiger partial charge in [0, 0.05) is 0 Å². The molecule has 1 atom stereocenters. The predicted molar refractivity (Wildman–Crippen MR) is 68.2 cm³/mol. The number of nitrogens with zero attached hydrogens (tertiary/aromatic N) is 2. The summed E-state index contributed by atoms with van der Waals surface area (Å²) in [6.45, 7) is 6.09. The van der Waals surface area contributed by atoms with Gasteiger partial charge in [0.15, 0.2) is 11.3 Å². The van der Waals surface area contributed by atoms with Crippen molar-refractivity contribution in [2.45, 2.75) is 33.3 Å². The van der Waals surface area contributed by atoms with E-state index in [-0.39, 0.29) is 6.10 Å². The SMILES string of the molecule is CC(C)C[C@@H](C)OC(=O)c1ccc2[nH]cnc2n1. The van der Waals surface area contributed by atoms with E-state index in [1.54, 1.807) is 18.5 Å². The molecule has 0 saturated carbocycles. The summed E-state index contributed by atoms with van der Waals surface area (Å²) in [5.41, 5.74) is 1.63. The van der Waals surface area contributed by atoms with Gasteiger partial charge in [-0.2, -0.15) is 0 Å². The first-order chi connectivity index (χ1) is 8.56. The molecule has 18 heavy (non-hydrogen) atoms. The lowest BCUT2D eigenvalue weighted by Crippen LogP contribution is -2.17. The van der Waals surface area contributed by atoms with E-state index in [0.29, 0.717) is 17.3 Å². The largest absolute Gasteiger partial charge is 0.458 e. The molecule has 0 aliphatic heterocycles. The highest BCUT2D eigenvalue weighted by molar-refractivity contribution is 5.89. The number of nitrogens with one attached hydrogen (secondary N) is 1. The third kappa shape index (κ3) is 2.85. The average molecular weight is 247 g/mol. The van der Waals surface area contributed by atoms with Crippen LogP contribution in [0.25, 0.3) is 11.2 Å². The predicted octanol–water partition coefficient (Wildman–Crippen LogP) is 2.55. The zero-order valence-corrected chi connectivity index (χ0v) is 10.8. The van der Waals surface area contributed by atoms with E-state index in [0.717, 1.165) is 11.9 Å². The smallest absolute Gasteiger partial charge is 0.357 e. The topological polar surface area (TPSA) is 67.9 Å². The Morgan fingerprint density at radius 3 is 2.89 bits per heavy atom. The van der Waals surface area contributed by atoms with Gasteiger partial charge in [-0.15, -0.1) is 0 Å². The first-order valence-electron chi connectivity index (χ1n) is 6.07. The van der Waals surface area contributed by atoms with Gasteiger partial charge in [0.05, 0.1) is 17.9 Å². The Kier molecular flexibility index (Phi) is 3.60. The molecule has 0 saturated heterocycles. The van der Waals surface area contributed by atoms with Gasteiger partial charge in [-0.1, -0.05) is 13.8 Å². The fraction of sp³-hybridized carbons (Fsp3) is 0.462. The van der Waals surface area contributed by atoms with Crippen LogP contribution < -0.4 is 0 Å². The van der Waals surface area contributed by atoms with Gasteiger partial charge in [-0.05, 0) is 31.4 Å². The van der Waals surface area contributed by atoms with Crippen LogP contribution in [0.3, 0.4) is 0 Å². The lowest BCUT2D eigenvalue weighted by molar-refractivity contribution is 0.0293. The molecular weight excluding hydrogens is 230 g/mol. The Labute approximate surface area is 106 Å². The van der Waals surface area contributed by atoms with Crippen LogP contribution in [-0.4, -0.2) is 27.0 Å². The van der Waals surface area contributed by atoms with Crippen molar-refractivity contribution in [3.8, 4) is 0 Å².